The zero-order valence-electron chi connectivity index (χ0n) is 13.7. The van der Waals surface area contributed by atoms with Crippen molar-refractivity contribution in [2.24, 2.45) is 10.4 Å². The summed E-state index contributed by atoms with van der Waals surface area (Å²) in [4.78, 5) is 18.5. The third-order valence-corrected chi connectivity index (χ3v) is 7.55. The van der Waals surface area contributed by atoms with Crippen molar-refractivity contribution in [1.29, 1.82) is 0 Å². The van der Waals surface area contributed by atoms with Gasteiger partial charge in [0, 0.05) is 10.7 Å². The summed E-state index contributed by atoms with van der Waals surface area (Å²) in [6, 6.07) is 6.99. The number of hydrogen-bond donors (Lipinski definition) is 0. The Balaban J connectivity index is 2.05. The van der Waals surface area contributed by atoms with Crippen LogP contribution in [-0.4, -0.2) is 42.3 Å². The van der Waals surface area contributed by atoms with Crippen LogP contribution in [0.1, 0.15) is 20.8 Å². The molecule has 0 spiro atoms. The number of aliphatic imine (C=N–C) groups is 1. The lowest BCUT2D eigenvalue weighted by atomic mass is 9.96. The zero-order chi connectivity index (χ0) is 17.7. The SMILES string of the molecule is CC(C)(C)C(=O)N=C1SC2CS(=O)(=O)CC2N1c1ccccc1Cl. The van der Waals surface area contributed by atoms with Gasteiger partial charge in [-0.2, -0.15) is 4.99 Å². The van der Waals surface area contributed by atoms with Gasteiger partial charge in [0.15, 0.2) is 15.0 Å². The molecule has 2 aliphatic rings. The van der Waals surface area contributed by atoms with Gasteiger partial charge in [-0.05, 0) is 12.1 Å². The highest BCUT2D eigenvalue weighted by molar-refractivity contribution is 8.16. The van der Waals surface area contributed by atoms with Crippen LogP contribution in [0.25, 0.3) is 0 Å². The van der Waals surface area contributed by atoms with Crippen LogP contribution in [0, 0.1) is 5.41 Å². The monoisotopic (exact) mass is 386 g/mol. The van der Waals surface area contributed by atoms with E-state index in [0.29, 0.717) is 15.9 Å². The molecule has 5 nitrogen and oxygen atoms in total. The zero-order valence-corrected chi connectivity index (χ0v) is 16.1. The van der Waals surface area contributed by atoms with Gasteiger partial charge in [0.2, 0.25) is 0 Å². The summed E-state index contributed by atoms with van der Waals surface area (Å²) >= 11 is 7.67. The molecule has 0 aromatic heterocycles. The second-order valence-corrected chi connectivity index (χ2v) is 10.8. The summed E-state index contributed by atoms with van der Waals surface area (Å²) < 4.78 is 24.0. The molecule has 2 saturated heterocycles. The van der Waals surface area contributed by atoms with E-state index in [4.69, 9.17) is 11.6 Å². The first-order valence-electron chi connectivity index (χ1n) is 7.62. The number of thioether (sulfide) groups is 1. The molecule has 1 aromatic rings. The van der Waals surface area contributed by atoms with Crippen molar-refractivity contribution < 1.29 is 13.2 Å². The van der Waals surface area contributed by atoms with Crippen LogP contribution in [0.15, 0.2) is 29.3 Å². The fourth-order valence-corrected chi connectivity index (χ4v) is 6.88. The molecule has 24 heavy (non-hydrogen) atoms. The van der Waals surface area contributed by atoms with Gasteiger partial charge in [0.1, 0.15) is 0 Å². The predicted molar refractivity (Wildman–Crippen MR) is 99.6 cm³/mol. The second kappa shape index (κ2) is 6.04. The number of benzene rings is 1. The second-order valence-electron chi connectivity index (χ2n) is 7.07. The minimum atomic E-state index is -3.09. The first-order valence-corrected chi connectivity index (χ1v) is 10.7. The summed E-state index contributed by atoms with van der Waals surface area (Å²) in [6.07, 6.45) is 0. The Labute approximate surface area is 151 Å². The molecule has 1 aromatic carbocycles. The highest BCUT2D eigenvalue weighted by Crippen LogP contribution is 2.43. The van der Waals surface area contributed by atoms with Gasteiger partial charge in [-0.25, -0.2) is 8.42 Å². The summed E-state index contributed by atoms with van der Waals surface area (Å²) in [5, 5.41) is 0.921. The molecule has 0 radical (unpaired) electrons. The van der Waals surface area contributed by atoms with E-state index < -0.39 is 15.3 Å². The number of nitrogens with zero attached hydrogens (tertiary/aromatic N) is 2. The summed E-state index contributed by atoms with van der Waals surface area (Å²) in [5.74, 6) is -0.0742. The maximum atomic E-state index is 12.4. The van der Waals surface area contributed by atoms with Gasteiger partial charge >= 0.3 is 0 Å². The van der Waals surface area contributed by atoms with Crippen molar-refractivity contribution in [3.8, 4) is 0 Å². The topological polar surface area (TPSA) is 66.8 Å². The van der Waals surface area contributed by atoms with Crippen molar-refractivity contribution in [2.75, 3.05) is 16.4 Å². The van der Waals surface area contributed by atoms with Crippen molar-refractivity contribution in [3.05, 3.63) is 29.3 Å². The van der Waals surface area contributed by atoms with E-state index in [0.717, 1.165) is 0 Å². The number of hydrogen-bond acceptors (Lipinski definition) is 4. The maximum absolute atomic E-state index is 12.4. The van der Waals surface area contributed by atoms with Gasteiger partial charge in [0.05, 0.1) is 28.3 Å². The Bertz CT molecular complexity index is 815. The summed E-state index contributed by atoms with van der Waals surface area (Å²) in [6.45, 7) is 5.43. The molecular formula is C16H19ClN2O3S2. The molecule has 130 valence electrons. The van der Waals surface area contributed by atoms with Crippen LogP contribution in [0.3, 0.4) is 0 Å². The normalized spacial score (nSPS) is 27.5. The highest BCUT2D eigenvalue weighted by atomic mass is 35.5. The molecule has 0 saturated carbocycles. The number of sulfone groups is 1. The number of carbonyl (C=O) groups is 1. The number of carbonyl (C=O) groups excluding carboxylic acids is 1. The molecular weight excluding hydrogens is 368 g/mol. The van der Waals surface area contributed by atoms with Crippen molar-refractivity contribution in [3.63, 3.8) is 0 Å². The number of amidine groups is 1. The first-order chi connectivity index (χ1) is 11.1. The molecule has 2 aliphatic heterocycles. The van der Waals surface area contributed by atoms with E-state index in [1.54, 1.807) is 6.07 Å². The van der Waals surface area contributed by atoms with Gasteiger partial charge < -0.3 is 4.90 Å². The Morgan fingerprint density at radius 3 is 2.58 bits per heavy atom. The summed E-state index contributed by atoms with van der Waals surface area (Å²) in [5.41, 5.74) is 0.0977. The van der Waals surface area contributed by atoms with Gasteiger partial charge in [-0.3, -0.25) is 4.79 Å². The molecule has 1 amide bonds. The molecule has 3 rings (SSSR count). The molecule has 8 heteroatoms. The number of halogens is 1. The highest BCUT2D eigenvalue weighted by Gasteiger charge is 2.50. The molecule has 2 atom stereocenters. The van der Waals surface area contributed by atoms with Crippen LogP contribution in [0.5, 0.6) is 0 Å². The van der Waals surface area contributed by atoms with E-state index in [1.165, 1.54) is 11.8 Å². The lowest BCUT2D eigenvalue weighted by Gasteiger charge is -2.26. The van der Waals surface area contributed by atoms with Crippen LogP contribution in [0.4, 0.5) is 5.69 Å². The third-order valence-electron chi connectivity index (χ3n) is 4.02. The van der Waals surface area contributed by atoms with Gasteiger partial charge in [-0.1, -0.05) is 56.3 Å². The molecule has 0 N–H and O–H groups in total. The Morgan fingerprint density at radius 2 is 1.96 bits per heavy atom. The molecule has 2 heterocycles. The largest absolute Gasteiger partial charge is 0.314 e. The van der Waals surface area contributed by atoms with Crippen LogP contribution in [0.2, 0.25) is 5.02 Å². The Morgan fingerprint density at radius 1 is 1.29 bits per heavy atom. The number of anilines is 1. The fourth-order valence-electron chi connectivity index (χ4n) is 2.75. The Hall–Kier alpha value is -1.05. The third kappa shape index (κ3) is 3.34. The van der Waals surface area contributed by atoms with E-state index in [9.17, 15) is 13.2 Å². The van der Waals surface area contributed by atoms with Crippen LogP contribution >= 0.6 is 23.4 Å². The average Bonchev–Trinajstić information content (AvgIpc) is 2.90. The molecule has 0 bridgehead atoms. The van der Waals surface area contributed by atoms with E-state index >= 15 is 0 Å². The summed E-state index contributed by atoms with van der Waals surface area (Å²) in [7, 11) is -3.09. The lowest BCUT2D eigenvalue weighted by Crippen LogP contribution is -2.38. The molecule has 2 unspecified atom stereocenters. The Kier molecular flexibility index (Phi) is 4.47. The number of fused-ring (bicyclic) bond motifs is 1. The first kappa shape index (κ1) is 17.8. The van der Waals surface area contributed by atoms with Gasteiger partial charge in [0.25, 0.3) is 5.91 Å². The predicted octanol–water partition coefficient (Wildman–Crippen LogP) is 2.99. The molecule has 2 fully saturated rings. The minimum absolute atomic E-state index is 0.0542. The van der Waals surface area contributed by atoms with Gasteiger partial charge in [-0.15, -0.1) is 0 Å². The lowest BCUT2D eigenvalue weighted by molar-refractivity contribution is -0.124. The maximum Gasteiger partial charge on any atom is 0.253 e. The van der Waals surface area contributed by atoms with Crippen molar-refractivity contribution in [2.45, 2.75) is 32.1 Å². The molecule has 0 aliphatic carbocycles. The van der Waals surface area contributed by atoms with E-state index in [-0.39, 0.29) is 28.7 Å². The standard InChI is InChI=1S/C16H19ClN2O3S2/c1-16(2,3)14(20)18-15-19(11-7-5-4-6-10(11)17)12-8-24(21,22)9-13(12)23-15/h4-7,12-13H,8-9H2,1-3H3. The minimum Gasteiger partial charge on any atom is -0.314 e. The van der Waals surface area contributed by atoms with E-state index in [2.05, 4.69) is 4.99 Å². The number of rotatable bonds is 1. The number of para-hydroxylation sites is 1. The van der Waals surface area contributed by atoms with Crippen LogP contribution < -0.4 is 4.90 Å². The van der Waals surface area contributed by atoms with E-state index in [1.807, 2.05) is 43.9 Å². The number of amides is 1. The average molecular weight is 387 g/mol. The van der Waals surface area contributed by atoms with Crippen molar-refractivity contribution >= 4 is 50.0 Å². The smallest absolute Gasteiger partial charge is 0.253 e. The quantitative estimate of drug-likeness (QED) is 0.742. The van der Waals surface area contributed by atoms with Crippen molar-refractivity contribution in [1.82, 2.24) is 0 Å². The van der Waals surface area contributed by atoms with Crippen LogP contribution in [-0.2, 0) is 14.6 Å². The fraction of sp³-hybridized carbons (Fsp3) is 0.500.